The standard InChI is InChI=1S/C25H17ClFNO4/c26-16-9-10-20-18(12-16)23(30)21-22(15-7-4-8-17(27)11-15)28(25(31)24(21)32-20)13-19(29)14-5-2-1-3-6-14/h1-12,19,22,29H,13H2/t19-,22-/m1/s1. The van der Waals surface area contributed by atoms with Crippen molar-refractivity contribution in [3.8, 4) is 0 Å². The zero-order valence-electron chi connectivity index (χ0n) is 16.7. The van der Waals surface area contributed by atoms with Crippen molar-refractivity contribution in [1.29, 1.82) is 0 Å². The average molecular weight is 450 g/mol. The van der Waals surface area contributed by atoms with E-state index in [2.05, 4.69) is 0 Å². The molecule has 0 saturated carbocycles. The monoisotopic (exact) mass is 449 g/mol. The number of amides is 1. The number of carbonyl (C=O) groups excluding carboxylic acids is 1. The van der Waals surface area contributed by atoms with Crippen molar-refractivity contribution in [2.75, 3.05) is 6.54 Å². The molecule has 2 atom stereocenters. The quantitative estimate of drug-likeness (QED) is 0.483. The van der Waals surface area contributed by atoms with Crippen LogP contribution in [-0.4, -0.2) is 22.5 Å². The molecule has 1 amide bonds. The van der Waals surface area contributed by atoms with Gasteiger partial charge in [-0.2, -0.15) is 0 Å². The van der Waals surface area contributed by atoms with Crippen LogP contribution < -0.4 is 5.43 Å². The molecule has 0 spiro atoms. The highest BCUT2D eigenvalue weighted by molar-refractivity contribution is 6.31. The van der Waals surface area contributed by atoms with E-state index in [-0.39, 0.29) is 28.8 Å². The third-order valence-electron chi connectivity index (χ3n) is 5.65. The second-order valence-electron chi connectivity index (χ2n) is 7.66. The fraction of sp³-hybridized carbons (Fsp3) is 0.120. The van der Waals surface area contributed by atoms with E-state index >= 15 is 0 Å². The van der Waals surface area contributed by atoms with Crippen molar-refractivity contribution in [1.82, 2.24) is 4.90 Å². The summed E-state index contributed by atoms with van der Waals surface area (Å²) in [6.07, 6.45) is -1.01. The van der Waals surface area contributed by atoms with Crippen LogP contribution in [-0.2, 0) is 0 Å². The molecule has 1 aliphatic heterocycles. The predicted octanol–water partition coefficient (Wildman–Crippen LogP) is 4.86. The van der Waals surface area contributed by atoms with E-state index in [1.165, 1.54) is 35.2 Å². The fourth-order valence-corrected chi connectivity index (χ4v) is 4.34. The zero-order valence-corrected chi connectivity index (χ0v) is 17.4. The number of rotatable bonds is 4. The Balaban J connectivity index is 1.69. The number of nitrogens with zero attached hydrogens (tertiary/aromatic N) is 1. The van der Waals surface area contributed by atoms with Gasteiger partial charge in [-0.25, -0.2) is 4.39 Å². The number of benzene rings is 3. The molecule has 0 bridgehead atoms. The molecule has 7 heteroatoms. The predicted molar refractivity (Wildman–Crippen MR) is 118 cm³/mol. The van der Waals surface area contributed by atoms with Crippen molar-refractivity contribution in [3.05, 3.63) is 116 Å². The van der Waals surface area contributed by atoms with Gasteiger partial charge in [-0.3, -0.25) is 9.59 Å². The third kappa shape index (κ3) is 3.38. The molecule has 160 valence electrons. The van der Waals surface area contributed by atoms with E-state index in [4.69, 9.17) is 16.0 Å². The van der Waals surface area contributed by atoms with Crippen LogP contribution in [0.1, 0.15) is 39.4 Å². The first-order valence-corrected chi connectivity index (χ1v) is 10.4. The molecule has 3 aromatic carbocycles. The van der Waals surface area contributed by atoms with Gasteiger partial charge < -0.3 is 14.4 Å². The zero-order chi connectivity index (χ0) is 22.4. The van der Waals surface area contributed by atoms with Crippen molar-refractivity contribution in [2.24, 2.45) is 0 Å². The highest BCUT2D eigenvalue weighted by Crippen LogP contribution is 2.39. The van der Waals surface area contributed by atoms with Crippen LogP contribution in [0.4, 0.5) is 4.39 Å². The minimum absolute atomic E-state index is 0.106. The molecule has 32 heavy (non-hydrogen) atoms. The Morgan fingerprint density at radius 3 is 2.56 bits per heavy atom. The maximum absolute atomic E-state index is 14.1. The van der Waals surface area contributed by atoms with E-state index in [0.29, 0.717) is 16.1 Å². The lowest BCUT2D eigenvalue weighted by Gasteiger charge is -2.27. The van der Waals surface area contributed by atoms with Crippen LogP contribution in [0.15, 0.2) is 82.0 Å². The smallest absolute Gasteiger partial charge is 0.291 e. The van der Waals surface area contributed by atoms with Gasteiger partial charge >= 0.3 is 0 Å². The summed E-state index contributed by atoms with van der Waals surface area (Å²) in [5, 5.41) is 11.4. The molecular weight excluding hydrogens is 433 g/mol. The lowest BCUT2D eigenvalue weighted by Crippen LogP contribution is -2.33. The van der Waals surface area contributed by atoms with Crippen LogP contribution in [0, 0.1) is 5.82 Å². The van der Waals surface area contributed by atoms with Crippen molar-refractivity contribution < 1.29 is 18.7 Å². The number of aliphatic hydroxyl groups excluding tert-OH is 1. The number of hydrogen-bond donors (Lipinski definition) is 1. The summed E-state index contributed by atoms with van der Waals surface area (Å²) in [6, 6.07) is 18.3. The molecule has 1 aromatic heterocycles. The number of fused-ring (bicyclic) bond motifs is 2. The van der Waals surface area contributed by atoms with E-state index in [9.17, 15) is 19.1 Å². The van der Waals surface area contributed by atoms with Crippen LogP contribution >= 0.6 is 11.6 Å². The molecule has 0 unspecified atom stereocenters. The van der Waals surface area contributed by atoms with Gasteiger partial charge in [0.2, 0.25) is 5.76 Å². The van der Waals surface area contributed by atoms with Crippen LogP contribution in [0.5, 0.6) is 0 Å². The minimum Gasteiger partial charge on any atom is -0.450 e. The Labute approximate surface area is 187 Å². The molecule has 5 rings (SSSR count). The largest absolute Gasteiger partial charge is 0.450 e. The van der Waals surface area contributed by atoms with Gasteiger partial charge in [-0.05, 0) is 41.5 Å². The van der Waals surface area contributed by atoms with E-state index in [1.54, 1.807) is 36.4 Å². The first-order chi connectivity index (χ1) is 15.4. The van der Waals surface area contributed by atoms with Gasteiger partial charge in [0.25, 0.3) is 5.91 Å². The summed E-state index contributed by atoms with van der Waals surface area (Å²) in [7, 11) is 0. The second-order valence-corrected chi connectivity index (χ2v) is 8.09. The summed E-state index contributed by atoms with van der Waals surface area (Å²) < 4.78 is 19.9. The van der Waals surface area contributed by atoms with E-state index < -0.39 is 29.3 Å². The summed E-state index contributed by atoms with van der Waals surface area (Å²) in [5.74, 6) is -1.15. The number of carbonyl (C=O) groups is 1. The SMILES string of the molecule is O=C1c2oc3ccc(Cl)cc3c(=O)c2[C@@H](c2cccc(F)c2)N1C[C@@H](O)c1ccccc1. The molecule has 0 fully saturated rings. The van der Waals surface area contributed by atoms with Gasteiger partial charge in [0.1, 0.15) is 11.4 Å². The summed E-state index contributed by atoms with van der Waals surface area (Å²) in [6.45, 7) is -0.106. The van der Waals surface area contributed by atoms with Gasteiger partial charge in [0, 0.05) is 5.02 Å². The highest BCUT2D eigenvalue weighted by atomic mass is 35.5. The maximum Gasteiger partial charge on any atom is 0.291 e. The molecule has 0 saturated heterocycles. The van der Waals surface area contributed by atoms with Gasteiger partial charge in [-0.1, -0.05) is 54.1 Å². The summed E-state index contributed by atoms with van der Waals surface area (Å²) in [4.78, 5) is 28.1. The fourth-order valence-electron chi connectivity index (χ4n) is 4.17. The highest BCUT2D eigenvalue weighted by Gasteiger charge is 2.43. The number of β-amino-alcohol motifs (C(OH)–C–C–N with tert-alkyl or cyclic N) is 1. The molecule has 1 N–H and O–H groups in total. The summed E-state index contributed by atoms with van der Waals surface area (Å²) in [5.41, 5.74) is 0.949. The van der Waals surface area contributed by atoms with Gasteiger partial charge in [0.05, 0.1) is 29.6 Å². The maximum atomic E-state index is 14.1. The van der Waals surface area contributed by atoms with Gasteiger partial charge in [-0.15, -0.1) is 0 Å². The topological polar surface area (TPSA) is 70.8 Å². The first-order valence-electron chi connectivity index (χ1n) is 10.00. The van der Waals surface area contributed by atoms with Crippen LogP contribution in [0.25, 0.3) is 11.0 Å². The average Bonchev–Trinajstić information content (AvgIpc) is 3.07. The molecule has 2 heterocycles. The lowest BCUT2D eigenvalue weighted by atomic mass is 9.98. The Morgan fingerprint density at radius 1 is 1.03 bits per heavy atom. The molecule has 5 nitrogen and oxygen atoms in total. The van der Waals surface area contributed by atoms with E-state index in [1.807, 2.05) is 6.07 Å². The molecule has 1 aliphatic rings. The lowest BCUT2D eigenvalue weighted by molar-refractivity contribution is 0.0583. The molecule has 4 aromatic rings. The molecular formula is C25H17ClFNO4. The van der Waals surface area contributed by atoms with Crippen molar-refractivity contribution >= 4 is 28.5 Å². The Bertz CT molecular complexity index is 1400. The van der Waals surface area contributed by atoms with Crippen LogP contribution in [0.3, 0.4) is 0 Å². The minimum atomic E-state index is -1.01. The normalized spacial score (nSPS) is 16.4. The van der Waals surface area contributed by atoms with E-state index in [0.717, 1.165) is 0 Å². The number of hydrogen-bond acceptors (Lipinski definition) is 4. The van der Waals surface area contributed by atoms with Crippen LogP contribution in [0.2, 0.25) is 5.02 Å². The Hall–Kier alpha value is -3.48. The second kappa shape index (κ2) is 7.89. The Morgan fingerprint density at radius 2 is 1.81 bits per heavy atom. The molecule has 0 radical (unpaired) electrons. The first kappa shape index (κ1) is 20.4. The van der Waals surface area contributed by atoms with Gasteiger partial charge in [0.15, 0.2) is 5.43 Å². The Kier molecular flexibility index (Phi) is 5.04. The van der Waals surface area contributed by atoms with Crippen molar-refractivity contribution in [2.45, 2.75) is 12.1 Å². The number of aliphatic hydroxyl groups is 1. The third-order valence-corrected chi connectivity index (χ3v) is 5.88. The number of halogens is 2. The molecule has 0 aliphatic carbocycles. The van der Waals surface area contributed by atoms with Crippen molar-refractivity contribution in [3.63, 3.8) is 0 Å². The summed E-state index contributed by atoms with van der Waals surface area (Å²) >= 11 is 6.07.